The number of carbonyl (C=O) groups is 2. The zero-order chi connectivity index (χ0) is 15.6. The lowest BCUT2D eigenvalue weighted by atomic mass is 10.1. The third kappa shape index (κ3) is 2.99. The van der Waals surface area contributed by atoms with E-state index in [1.807, 2.05) is 18.2 Å². The molecule has 4 nitrogen and oxygen atoms in total. The van der Waals surface area contributed by atoms with E-state index in [-0.39, 0.29) is 11.8 Å². The van der Waals surface area contributed by atoms with E-state index in [9.17, 15) is 9.59 Å². The summed E-state index contributed by atoms with van der Waals surface area (Å²) in [5, 5.41) is 2.88. The monoisotopic (exact) mass is 286 g/mol. The van der Waals surface area contributed by atoms with Gasteiger partial charge in [0.15, 0.2) is 0 Å². The van der Waals surface area contributed by atoms with Gasteiger partial charge in [0.05, 0.1) is 0 Å². The molecule has 1 N–H and O–H groups in total. The normalized spacial score (nSPS) is 15.3. The topological polar surface area (TPSA) is 49.4 Å². The third-order valence-electron chi connectivity index (χ3n) is 3.77. The summed E-state index contributed by atoms with van der Waals surface area (Å²) >= 11 is 0. The van der Waals surface area contributed by atoms with Crippen LogP contribution in [-0.2, 0) is 4.79 Å². The Morgan fingerprint density at radius 2 is 1.86 bits per heavy atom. The lowest BCUT2D eigenvalue weighted by Crippen LogP contribution is -2.45. The molecule has 112 valence electrons. The molecule has 1 aliphatic rings. The molecule has 21 heavy (non-hydrogen) atoms. The second kappa shape index (κ2) is 6.12. The second-order valence-electron chi connectivity index (χ2n) is 5.82. The lowest BCUT2D eigenvalue weighted by Gasteiger charge is -2.24. The molecule has 1 heterocycles. The molecule has 1 aromatic rings. The molecule has 4 heteroatoms. The van der Waals surface area contributed by atoms with E-state index in [0.29, 0.717) is 23.7 Å². The van der Waals surface area contributed by atoms with Crippen LogP contribution in [0.5, 0.6) is 0 Å². The SMILES string of the molecule is C=C1c2ccccc2C(=O)N1C(C)C(=O)NCCC(C)C. The van der Waals surface area contributed by atoms with Crippen LogP contribution in [0.3, 0.4) is 0 Å². The first-order valence-electron chi connectivity index (χ1n) is 7.33. The molecule has 0 bridgehead atoms. The zero-order valence-electron chi connectivity index (χ0n) is 12.8. The van der Waals surface area contributed by atoms with Gasteiger partial charge >= 0.3 is 0 Å². The van der Waals surface area contributed by atoms with Crippen LogP contribution in [0.1, 0.15) is 43.1 Å². The Labute approximate surface area is 125 Å². The summed E-state index contributed by atoms with van der Waals surface area (Å²) in [4.78, 5) is 26.1. The fraction of sp³-hybridized carbons (Fsp3) is 0.412. The van der Waals surface area contributed by atoms with Crippen LogP contribution in [0.4, 0.5) is 0 Å². The number of benzene rings is 1. The fourth-order valence-corrected chi connectivity index (χ4v) is 2.46. The molecule has 0 saturated carbocycles. The molecular weight excluding hydrogens is 264 g/mol. The summed E-state index contributed by atoms with van der Waals surface area (Å²) in [6, 6.07) is 6.77. The Kier molecular flexibility index (Phi) is 4.46. The van der Waals surface area contributed by atoms with E-state index in [0.717, 1.165) is 12.0 Å². The van der Waals surface area contributed by atoms with Crippen molar-refractivity contribution in [3.63, 3.8) is 0 Å². The number of hydrogen-bond donors (Lipinski definition) is 1. The van der Waals surface area contributed by atoms with Crippen molar-refractivity contribution >= 4 is 17.5 Å². The van der Waals surface area contributed by atoms with Gasteiger partial charge in [0.2, 0.25) is 5.91 Å². The van der Waals surface area contributed by atoms with E-state index in [1.54, 1.807) is 13.0 Å². The molecule has 0 saturated heterocycles. The Hall–Kier alpha value is -2.10. The van der Waals surface area contributed by atoms with Gasteiger partial charge in [0, 0.05) is 23.4 Å². The average molecular weight is 286 g/mol. The van der Waals surface area contributed by atoms with Crippen LogP contribution in [0.2, 0.25) is 0 Å². The van der Waals surface area contributed by atoms with Gasteiger partial charge in [0.25, 0.3) is 5.91 Å². The van der Waals surface area contributed by atoms with Crippen LogP contribution in [0, 0.1) is 5.92 Å². The van der Waals surface area contributed by atoms with Crippen LogP contribution < -0.4 is 5.32 Å². The number of nitrogens with one attached hydrogen (secondary N) is 1. The molecule has 0 fully saturated rings. The summed E-state index contributed by atoms with van der Waals surface area (Å²) < 4.78 is 0. The number of hydrogen-bond acceptors (Lipinski definition) is 2. The van der Waals surface area contributed by atoms with Crippen molar-refractivity contribution in [2.75, 3.05) is 6.54 Å². The highest BCUT2D eigenvalue weighted by atomic mass is 16.2. The smallest absolute Gasteiger partial charge is 0.259 e. The number of rotatable bonds is 5. The first-order chi connectivity index (χ1) is 9.93. The predicted molar refractivity (Wildman–Crippen MR) is 83.6 cm³/mol. The summed E-state index contributed by atoms with van der Waals surface area (Å²) in [7, 11) is 0. The Morgan fingerprint density at radius 1 is 1.24 bits per heavy atom. The van der Waals surface area contributed by atoms with E-state index < -0.39 is 6.04 Å². The van der Waals surface area contributed by atoms with Crippen LogP contribution in [-0.4, -0.2) is 29.3 Å². The largest absolute Gasteiger partial charge is 0.354 e. The summed E-state index contributed by atoms with van der Waals surface area (Å²) in [6.07, 6.45) is 0.924. The van der Waals surface area contributed by atoms with Gasteiger partial charge < -0.3 is 5.32 Å². The molecule has 2 amide bonds. The van der Waals surface area contributed by atoms with Crippen LogP contribution in [0.15, 0.2) is 30.8 Å². The first kappa shape index (κ1) is 15.3. The molecule has 1 atom stereocenters. The quantitative estimate of drug-likeness (QED) is 0.904. The minimum Gasteiger partial charge on any atom is -0.354 e. The summed E-state index contributed by atoms with van der Waals surface area (Å²) in [5.41, 5.74) is 2.02. The highest BCUT2D eigenvalue weighted by molar-refractivity contribution is 6.10. The molecular formula is C17H22N2O2. The number of fused-ring (bicyclic) bond motifs is 1. The van der Waals surface area contributed by atoms with E-state index in [2.05, 4.69) is 25.7 Å². The zero-order valence-corrected chi connectivity index (χ0v) is 12.8. The van der Waals surface area contributed by atoms with Crippen molar-refractivity contribution in [2.45, 2.75) is 33.2 Å². The first-order valence-corrected chi connectivity index (χ1v) is 7.33. The summed E-state index contributed by atoms with van der Waals surface area (Å²) in [5.74, 6) is 0.244. The van der Waals surface area contributed by atoms with Gasteiger partial charge in [-0.25, -0.2) is 0 Å². The van der Waals surface area contributed by atoms with E-state index in [4.69, 9.17) is 0 Å². The standard InChI is InChI=1S/C17H22N2O2/c1-11(2)9-10-18-16(20)13(4)19-12(3)14-7-5-6-8-15(14)17(19)21/h5-8,11,13H,3,9-10H2,1-2,4H3,(H,18,20). The maximum absolute atomic E-state index is 12.4. The Bertz CT molecular complexity index is 543. The van der Waals surface area contributed by atoms with Gasteiger partial charge in [0.1, 0.15) is 6.04 Å². The van der Waals surface area contributed by atoms with Gasteiger partial charge in [-0.2, -0.15) is 0 Å². The minimum atomic E-state index is -0.551. The second-order valence-corrected chi connectivity index (χ2v) is 5.82. The molecule has 1 unspecified atom stereocenters. The predicted octanol–water partition coefficient (Wildman–Crippen LogP) is 2.66. The number of carbonyl (C=O) groups excluding carboxylic acids is 2. The van der Waals surface area contributed by atoms with Crippen molar-refractivity contribution in [2.24, 2.45) is 5.92 Å². The maximum Gasteiger partial charge on any atom is 0.259 e. The fourth-order valence-electron chi connectivity index (χ4n) is 2.46. The molecule has 0 radical (unpaired) electrons. The molecule has 1 aliphatic heterocycles. The van der Waals surface area contributed by atoms with Gasteiger partial charge in [-0.05, 0) is 25.3 Å². The molecule has 1 aromatic carbocycles. The highest BCUT2D eigenvalue weighted by Crippen LogP contribution is 2.32. The highest BCUT2D eigenvalue weighted by Gasteiger charge is 2.36. The van der Waals surface area contributed by atoms with Crippen LogP contribution in [0.25, 0.3) is 5.70 Å². The summed E-state index contributed by atoms with van der Waals surface area (Å²) in [6.45, 7) is 10.5. The van der Waals surface area contributed by atoms with Gasteiger partial charge in [-0.15, -0.1) is 0 Å². The molecule has 2 rings (SSSR count). The van der Waals surface area contributed by atoms with Gasteiger partial charge in [-0.3, -0.25) is 14.5 Å². The van der Waals surface area contributed by atoms with Crippen molar-refractivity contribution < 1.29 is 9.59 Å². The Balaban J connectivity index is 2.07. The van der Waals surface area contributed by atoms with Crippen molar-refractivity contribution in [1.29, 1.82) is 0 Å². The molecule has 0 aromatic heterocycles. The van der Waals surface area contributed by atoms with Crippen LogP contribution >= 0.6 is 0 Å². The number of nitrogens with zero attached hydrogens (tertiary/aromatic N) is 1. The van der Waals surface area contributed by atoms with Gasteiger partial charge in [-0.1, -0.05) is 38.6 Å². The van der Waals surface area contributed by atoms with E-state index in [1.165, 1.54) is 4.90 Å². The maximum atomic E-state index is 12.4. The Morgan fingerprint density at radius 3 is 2.43 bits per heavy atom. The third-order valence-corrected chi connectivity index (χ3v) is 3.77. The lowest BCUT2D eigenvalue weighted by molar-refractivity contribution is -0.124. The van der Waals surface area contributed by atoms with Crippen molar-refractivity contribution in [1.82, 2.24) is 10.2 Å². The van der Waals surface area contributed by atoms with Crippen molar-refractivity contribution in [3.8, 4) is 0 Å². The minimum absolute atomic E-state index is 0.141. The number of amides is 2. The molecule has 0 spiro atoms. The molecule has 0 aliphatic carbocycles. The average Bonchev–Trinajstić information content (AvgIpc) is 2.70. The van der Waals surface area contributed by atoms with E-state index >= 15 is 0 Å². The van der Waals surface area contributed by atoms with Crippen molar-refractivity contribution in [3.05, 3.63) is 42.0 Å².